The first kappa shape index (κ1) is 11.7. The highest BCUT2D eigenvalue weighted by molar-refractivity contribution is 9.10. The average Bonchev–Trinajstić information content (AvgIpc) is 2.07. The molecule has 0 saturated heterocycles. The van der Waals surface area contributed by atoms with Gasteiger partial charge in [0.15, 0.2) is 0 Å². The monoisotopic (exact) mass is 255 g/mol. The van der Waals surface area contributed by atoms with Gasteiger partial charge in [-0.1, -0.05) is 35.0 Å². The summed E-state index contributed by atoms with van der Waals surface area (Å²) in [6, 6.07) is 8.83. The van der Waals surface area contributed by atoms with E-state index in [4.69, 9.17) is 5.73 Å². The van der Waals surface area contributed by atoms with Crippen LogP contribution in [0.15, 0.2) is 28.7 Å². The molecule has 2 atom stereocenters. The standard InChI is InChI=1S/C12H18BrN/c1-9(7-10(2)14)8-11-3-5-12(13)6-4-11/h3-6,9-10H,7-8,14H2,1-2H3. The zero-order chi connectivity index (χ0) is 10.6. The van der Waals surface area contributed by atoms with Gasteiger partial charge in [-0.15, -0.1) is 0 Å². The number of rotatable bonds is 4. The Morgan fingerprint density at radius 1 is 1.21 bits per heavy atom. The summed E-state index contributed by atoms with van der Waals surface area (Å²) < 4.78 is 1.14. The number of halogens is 1. The molecule has 2 unspecified atom stereocenters. The van der Waals surface area contributed by atoms with Crippen molar-refractivity contribution in [2.75, 3.05) is 0 Å². The first-order valence-corrected chi connectivity index (χ1v) is 5.87. The Bertz CT molecular complexity index is 266. The van der Waals surface area contributed by atoms with Crippen LogP contribution in [0.3, 0.4) is 0 Å². The minimum atomic E-state index is 0.306. The number of hydrogen-bond acceptors (Lipinski definition) is 1. The average molecular weight is 256 g/mol. The minimum Gasteiger partial charge on any atom is -0.328 e. The van der Waals surface area contributed by atoms with Crippen LogP contribution in [0.2, 0.25) is 0 Å². The third-order valence-electron chi connectivity index (χ3n) is 2.27. The number of benzene rings is 1. The van der Waals surface area contributed by atoms with Gasteiger partial charge in [-0.2, -0.15) is 0 Å². The van der Waals surface area contributed by atoms with Crippen molar-refractivity contribution in [1.29, 1.82) is 0 Å². The fourth-order valence-corrected chi connectivity index (χ4v) is 2.01. The second-order valence-electron chi connectivity index (χ2n) is 4.15. The Balaban J connectivity index is 2.47. The van der Waals surface area contributed by atoms with E-state index in [0.29, 0.717) is 12.0 Å². The van der Waals surface area contributed by atoms with E-state index in [1.807, 2.05) is 0 Å². The fraction of sp³-hybridized carbons (Fsp3) is 0.500. The predicted octanol–water partition coefficient (Wildman–Crippen LogP) is 3.37. The summed E-state index contributed by atoms with van der Waals surface area (Å²) in [4.78, 5) is 0. The van der Waals surface area contributed by atoms with E-state index < -0.39 is 0 Å². The van der Waals surface area contributed by atoms with E-state index in [1.54, 1.807) is 0 Å². The molecule has 78 valence electrons. The van der Waals surface area contributed by atoms with Crippen LogP contribution in [-0.4, -0.2) is 6.04 Å². The lowest BCUT2D eigenvalue weighted by Crippen LogP contribution is -2.19. The van der Waals surface area contributed by atoms with E-state index in [2.05, 4.69) is 54.0 Å². The Hall–Kier alpha value is -0.340. The Kier molecular flexibility index (Phi) is 4.63. The van der Waals surface area contributed by atoms with Gasteiger partial charge in [0.25, 0.3) is 0 Å². The Morgan fingerprint density at radius 2 is 1.79 bits per heavy atom. The quantitative estimate of drug-likeness (QED) is 0.878. The van der Waals surface area contributed by atoms with Crippen molar-refractivity contribution in [3.05, 3.63) is 34.3 Å². The SMILES string of the molecule is CC(N)CC(C)Cc1ccc(Br)cc1. The minimum absolute atomic E-state index is 0.306. The first-order valence-electron chi connectivity index (χ1n) is 5.08. The molecule has 0 aliphatic heterocycles. The lowest BCUT2D eigenvalue weighted by atomic mass is 9.95. The highest BCUT2D eigenvalue weighted by atomic mass is 79.9. The van der Waals surface area contributed by atoms with E-state index in [-0.39, 0.29) is 0 Å². The fourth-order valence-electron chi connectivity index (χ4n) is 1.74. The predicted molar refractivity (Wildman–Crippen MR) is 65.3 cm³/mol. The second kappa shape index (κ2) is 5.52. The van der Waals surface area contributed by atoms with E-state index in [0.717, 1.165) is 17.3 Å². The van der Waals surface area contributed by atoms with Gasteiger partial charge in [0.1, 0.15) is 0 Å². The number of nitrogens with two attached hydrogens (primary N) is 1. The normalized spacial score (nSPS) is 15.1. The molecule has 2 heteroatoms. The largest absolute Gasteiger partial charge is 0.328 e. The lowest BCUT2D eigenvalue weighted by molar-refractivity contribution is 0.480. The maximum atomic E-state index is 5.76. The van der Waals surface area contributed by atoms with Gasteiger partial charge in [-0.25, -0.2) is 0 Å². The first-order chi connectivity index (χ1) is 6.58. The van der Waals surface area contributed by atoms with E-state index in [1.165, 1.54) is 5.56 Å². The summed E-state index contributed by atoms with van der Waals surface area (Å²) in [7, 11) is 0. The molecule has 0 aliphatic carbocycles. The van der Waals surface area contributed by atoms with E-state index >= 15 is 0 Å². The second-order valence-corrected chi connectivity index (χ2v) is 5.06. The lowest BCUT2D eigenvalue weighted by Gasteiger charge is -2.13. The molecule has 0 aliphatic rings. The molecule has 0 bridgehead atoms. The van der Waals surface area contributed by atoms with Crippen molar-refractivity contribution in [3.63, 3.8) is 0 Å². The van der Waals surface area contributed by atoms with Crippen LogP contribution in [0.4, 0.5) is 0 Å². The van der Waals surface area contributed by atoms with Gasteiger partial charge >= 0.3 is 0 Å². The zero-order valence-electron chi connectivity index (χ0n) is 8.83. The van der Waals surface area contributed by atoms with Crippen LogP contribution in [0.25, 0.3) is 0 Å². The summed E-state index contributed by atoms with van der Waals surface area (Å²) in [6.07, 6.45) is 2.21. The molecule has 0 spiro atoms. The molecule has 1 aromatic carbocycles. The van der Waals surface area contributed by atoms with Gasteiger partial charge in [-0.05, 0) is 43.4 Å². The molecular weight excluding hydrogens is 238 g/mol. The van der Waals surface area contributed by atoms with Crippen molar-refractivity contribution in [1.82, 2.24) is 0 Å². The maximum absolute atomic E-state index is 5.76. The highest BCUT2D eigenvalue weighted by Crippen LogP contribution is 2.16. The summed E-state index contributed by atoms with van der Waals surface area (Å²) in [5.74, 6) is 0.663. The van der Waals surface area contributed by atoms with Crippen LogP contribution < -0.4 is 5.73 Å². The molecule has 0 fully saturated rings. The van der Waals surface area contributed by atoms with Crippen molar-refractivity contribution < 1.29 is 0 Å². The van der Waals surface area contributed by atoms with Crippen LogP contribution >= 0.6 is 15.9 Å². The zero-order valence-corrected chi connectivity index (χ0v) is 10.4. The summed E-state index contributed by atoms with van der Waals surface area (Å²) in [5, 5.41) is 0. The molecule has 1 aromatic rings. The Morgan fingerprint density at radius 3 is 2.29 bits per heavy atom. The van der Waals surface area contributed by atoms with Crippen LogP contribution in [-0.2, 0) is 6.42 Å². The molecule has 1 rings (SSSR count). The Labute approximate surface area is 94.8 Å². The van der Waals surface area contributed by atoms with Crippen LogP contribution in [0, 0.1) is 5.92 Å². The maximum Gasteiger partial charge on any atom is 0.0175 e. The van der Waals surface area contributed by atoms with Crippen molar-refractivity contribution in [3.8, 4) is 0 Å². The molecule has 2 N–H and O–H groups in total. The van der Waals surface area contributed by atoms with Crippen molar-refractivity contribution >= 4 is 15.9 Å². The van der Waals surface area contributed by atoms with Gasteiger partial charge in [0.05, 0.1) is 0 Å². The van der Waals surface area contributed by atoms with Crippen molar-refractivity contribution in [2.24, 2.45) is 11.7 Å². The molecule has 0 aromatic heterocycles. The summed E-state index contributed by atoms with van der Waals surface area (Å²) >= 11 is 3.43. The van der Waals surface area contributed by atoms with Gasteiger partial charge in [0.2, 0.25) is 0 Å². The highest BCUT2D eigenvalue weighted by Gasteiger charge is 2.06. The molecule has 1 nitrogen and oxygen atoms in total. The van der Waals surface area contributed by atoms with Crippen LogP contribution in [0.1, 0.15) is 25.8 Å². The molecule has 14 heavy (non-hydrogen) atoms. The van der Waals surface area contributed by atoms with Crippen molar-refractivity contribution in [2.45, 2.75) is 32.7 Å². The van der Waals surface area contributed by atoms with Gasteiger partial charge in [0, 0.05) is 10.5 Å². The topological polar surface area (TPSA) is 26.0 Å². The molecule has 0 saturated carbocycles. The van der Waals surface area contributed by atoms with Crippen LogP contribution in [0.5, 0.6) is 0 Å². The molecule has 0 heterocycles. The molecule has 0 radical (unpaired) electrons. The van der Waals surface area contributed by atoms with Gasteiger partial charge in [-0.3, -0.25) is 0 Å². The smallest absolute Gasteiger partial charge is 0.0175 e. The third kappa shape index (κ3) is 4.25. The van der Waals surface area contributed by atoms with E-state index in [9.17, 15) is 0 Å². The molecule has 0 amide bonds. The number of hydrogen-bond donors (Lipinski definition) is 1. The summed E-state index contributed by atoms with van der Waals surface area (Å²) in [5.41, 5.74) is 7.15. The summed E-state index contributed by atoms with van der Waals surface area (Å²) in [6.45, 7) is 4.32. The van der Waals surface area contributed by atoms with Gasteiger partial charge < -0.3 is 5.73 Å². The molecular formula is C12H18BrN. The third-order valence-corrected chi connectivity index (χ3v) is 2.80.